The molecule has 2 unspecified atom stereocenters. The quantitative estimate of drug-likeness (QED) is 0.880. The molecule has 1 saturated heterocycles. The summed E-state index contributed by atoms with van der Waals surface area (Å²) in [6.07, 6.45) is 0. The highest BCUT2D eigenvalue weighted by Crippen LogP contribution is 2.35. The molecule has 1 fully saturated rings. The summed E-state index contributed by atoms with van der Waals surface area (Å²) >= 11 is 0. The summed E-state index contributed by atoms with van der Waals surface area (Å²) in [5.41, 5.74) is 9.06. The summed E-state index contributed by atoms with van der Waals surface area (Å²) in [6.45, 7) is 2.47. The van der Waals surface area contributed by atoms with Crippen molar-refractivity contribution in [1.29, 1.82) is 0 Å². The molecule has 2 atom stereocenters. The number of amides is 1. The first kappa shape index (κ1) is 13.8. The van der Waals surface area contributed by atoms with Crippen molar-refractivity contribution < 1.29 is 9.18 Å². The molecule has 2 aromatic rings. The summed E-state index contributed by atoms with van der Waals surface area (Å²) < 4.78 is 12.9. The number of halogens is 1. The molecule has 108 valence electrons. The van der Waals surface area contributed by atoms with Crippen LogP contribution in [0.25, 0.3) is 0 Å². The van der Waals surface area contributed by atoms with Gasteiger partial charge in [0.2, 0.25) is 5.91 Å². The van der Waals surface area contributed by atoms with Gasteiger partial charge in [0.1, 0.15) is 11.9 Å². The van der Waals surface area contributed by atoms with Gasteiger partial charge in [0.05, 0.1) is 6.04 Å². The van der Waals surface area contributed by atoms with Crippen molar-refractivity contribution in [2.24, 2.45) is 5.73 Å². The van der Waals surface area contributed by atoms with Gasteiger partial charge in [-0.2, -0.15) is 0 Å². The Morgan fingerprint density at radius 1 is 1.10 bits per heavy atom. The number of nitrogens with zero attached hydrogens (tertiary/aromatic N) is 1. The highest BCUT2D eigenvalue weighted by Gasteiger charge is 2.45. The van der Waals surface area contributed by atoms with Crippen molar-refractivity contribution in [3.63, 3.8) is 0 Å². The average Bonchev–Trinajstić information content (AvgIpc) is 2.50. The molecule has 0 bridgehead atoms. The van der Waals surface area contributed by atoms with Gasteiger partial charge in [-0.15, -0.1) is 0 Å². The number of β-lactam (4-membered cyclic amide) rings is 1. The van der Waals surface area contributed by atoms with Crippen LogP contribution in [-0.4, -0.2) is 16.8 Å². The zero-order chi connectivity index (χ0) is 15.0. The van der Waals surface area contributed by atoms with Crippen molar-refractivity contribution in [1.82, 2.24) is 4.90 Å². The van der Waals surface area contributed by atoms with E-state index in [4.69, 9.17) is 5.73 Å². The van der Waals surface area contributed by atoms with Crippen LogP contribution in [0.4, 0.5) is 4.39 Å². The molecule has 0 saturated carbocycles. The maximum Gasteiger partial charge on any atom is 0.242 e. The number of likely N-dealkylation sites (tertiary alicyclic amines) is 1. The Hall–Kier alpha value is -2.20. The fourth-order valence-corrected chi connectivity index (χ4v) is 2.69. The van der Waals surface area contributed by atoms with Gasteiger partial charge >= 0.3 is 0 Å². The van der Waals surface area contributed by atoms with Gasteiger partial charge in [0, 0.05) is 6.54 Å². The van der Waals surface area contributed by atoms with E-state index >= 15 is 0 Å². The van der Waals surface area contributed by atoms with E-state index in [1.165, 1.54) is 17.7 Å². The summed E-state index contributed by atoms with van der Waals surface area (Å²) in [4.78, 5) is 13.7. The van der Waals surface area contributed by atoms with Crippen LogP contribution in [0.15, 0.2) is 48.5 Å². The van der Waals surface area contributed by atoms with Crippen LogP contribution in [0.5, 0.6) is 0 Å². The standard InChI is InChI=1S/C17H17FN2O/c1-11-2-6-13(7-3-11)16-15(19)17(21)20(16)10-12-4-8-14(18)9-5-12/h2-9,15-16H,10,19H2,1H3. The van der Waals surface area contributed by atoms with E-state index in [9.17, 15) is 9.18 Å². The Bertz CT molecular complexity index is 651. The van der Waals surface area contributed by atoms with Crippen LogP contribution in [-0.2, 0) is 11.3 Å². The second-order valence-electron chi connectivity index (χ2n) is 5.47. The molecule has 21 heavy (non-hydrogen) atoms. The second-order valence-corrected chi connectivity index (χ2v) is 5.47. The normalized spacial score (nSPS) is 21.3. The lowest BCUT2D eigenvalue weighted by Crippen LogP contribution is -2.62. The van der Waals surface area contributed by atoms with Gasteiger partial charge in [-0.1, -0.05) is 42.0 Å². The number of aryl methyl sites for hydroxylation is 1. The van der Waals surface area contributed by atoms with E-state index < -0.39 is 6.04 Å². The molecular formula is C17H17FN2O. The van der Waals surface area contributed by atoms with E-state index in [0.29, 0.717) is 6.54 Å². The van der Waals surface area contributed by atoms with Crippen molar-refractivity contribution >= 4 is 5.91 Å². The zero-order valence-electron chi connectivity index (χ0n) is 11.8. The summed E-state index contributed by atoms with van der Waals surface area (Å²) in [6, 6.07) is 13.6. The summed E-state index contributed by atoms with van der Waals surface area (Å²) in [5, 5.41) is 0. The lowest BCUT2D eigenvalue weighted by atomic mass is 9.88. The maximum absolute atomic E-state index is 12.9. The first-order valence-corrected chi connectivity index (χ1v) is 6.93. The molecule has 0 aliphatic carbocycles. The number of hydrogen-bond acceptors (Lipinski definition) is 2. The van der Waals surface area contributed by atoms with E-state index in [1.807, 2.05) is 31.2 Å². The molecule has 4 heteroatoms. The van der Waals surface area contributed by atoms with Crippen LogP contribution < -0.4 is 5.73 Å². The molecule has 0 radical (unpaired) electrons. The third-order valence-electron chi connectivity index (χ3n) is 3.93. The van der Waals surface area contributed by atoms with Gasteiger partial charge in [0.25, 0.3) is 0 Å². The Morgan fingerprint density at radius 3 is 2.33 bits per heavy atom. The predicted molar refractivity (Wildman–Crippen MR) is 78.8 cm³/mol. The Balaban J connectivity index is 1.81. The molecule has 3 rings (SSSR count). The molecular weight excluding hydrogens is 267 g/mol. The third kappa shape index (κ3) is 2.54. The number of benzene rings is 2. The minimum atomic E-state index is -0.492. The summed E-state index contributed by atoms with van der Waals surface area (Å²) in [7, 11) is 0. The average molecular weight is 284 g/mol. The fourth-order valence-electron chi connectivity index (χ4n) is 2.69. The Kier molecular flexibility index (Phi) is 3.47. The third-order valence-corrected chi connectivity index (χ3v) is 3.93. The molecule has 2 aromatic carbocycles. The van der Waals surface area contributed by atoms with Crippen molar-refractivity contribution in [3.05, 3.63) is 71.0 Å². The minimum Gasteiger partial charge on any atom is -0.328 e. The van der Waals surface area contributed by atoms with Gasteiger partial charge < -0.3 is 10.6 Å². The highest BCUT2D eigenvalue weighted by atomic mass is 19.1. The summed E-state index contributed by atoms with van der Waals surface area (Å²) in [5.74, 6) is -0.342. The van der Waals surface area contributed by atoms with Crippen molar-refractivity contribution in [2.75, 3.05) is 0 Å². The van der Waals surface area contributed by atoms with Crippen LogP contribution in [0.1, 0.15) is 22.7 Å². The predicted octanol–water partition coefficient (Wildman–Crippen LogP) is 2.54. The number of nitrogens with two attached hydrogens (primary N) is 1. The lowest BCUT2D eigenvalue weighted by Gasteiger charge is -2.45. The first-order valence-electron chi connectivity index (χ1n) is 6.93. The van der Waals surface area contributed by atoms with Crippen LogP contribution in [0.3, 0.4) is 0 Å². The molecule has 2 N–H and O–H groups in total. The number of hydrogen-bond donors (Lipinski definition) is 1. The van der Waals surface area contributed by atoms with Crippen LogP contribution >= 0.6 is 0 Å². The molecule has 1 amide bonds. The number of rotatable bonds is 3. The molecule has 3 nitrogen and oxygen atoms in total. The second kappa shape index (κ2) is 5.30. The fraction of sp³-hybridized carbons (Fsp3) is 0.235. The van der Waals surface area contributed by atoms with Gasteiger partial charge in [-0.3, -0.25) is 4.79 Å². The Morgan fingerprint density at radius 2 is 1.71 bits per heavy atom. The van der Waals surface area contributed by atoms with E-state index in [0.717, 1.165) is 11.1 Å². The van der Waals surface area contributed by atoms with Crippen molar-refractivity contribution in [3.8, 4) is 0 Å². The topological polar surface area (TPSA) is 46.3 Å². The molecule has 1 heterocycles. The zero-order valence-corrected chi connectivity index (χ0v) is 11.8. The number of carbonyl (C=O) groups is 1. The number of carbonyl (C=O) groups excluding carboxylic acids is 1. The highest BCUT2D eigenvalue weighted by molar-refractivity contribution is 5.89. The Labute approximate surface area is 123 Å². The monoisotopic (exact) mass is 284 g/mol. The smallest absolute Gasteiger partial charge is 0.242 e. The van der Waals surface area contributed by atoms with Gasteiger partial charge in [-0.25, -0.2) is 4.39 Å². The largest absolute Gasteiger partial charge is 0.328 e. The molecule has 0 spiro atoms. The maximum atomic E-state index is 12.9. The van der Waals surface area contributed by atoms with Crippen LogP contribution in [0, 0.1) is 12.7 Å². The van der Waals surface area contributed by atoms with Crippen LogP contribution in [0.2, 0.25) is 0 Å². The van der Waals surface area contributed by atoms with Crippen molar-refractivity contribution in [2.45, 2.75) is 25.6 Å². The molecule has 0 aromatic heterocycles. The minimum absolute atomic E-state index is 0.0649. The first-order chi connectivity index (χ1) is 10.1. The van der Waals surface area contributed by atoms with E-state index in [2.05, 4.69) is 0 Å². The lowest BCUT2D eigenvalue weighted by molar-refractivity contribution is -0.150. The molecule has 1 aliphatic rings. The van der Waals surface area contributed by atoms with E-state index in [1.54, 1.807) is 17.0 Å². The SMILES string of the molecule is Cc1ccc(C2C(N)C(=O)N2Cc2ccc(F)cc2)cc1. The molecule has 1 aliphatic heterocycles. The van der Waals surface area contributed by atoms with E-state index in [-0.39, 0.29) is 17.8 Å². The van der Waals surface area contributed by atoms with Gasteiger partial charge in [0.15, 0.2) is 0 Å². The van der Waals surface area contributed by atoms with Gasteiger partial charge in [-0.05, 0) is 30.2 Å².